The third-order valence-corrected chi connectivity index (χ3v) is 5.28. The molecule has 2 aromatic rings. The Bertz CT molecular complexity index is 589. The van der Waals surface area contributed by atoms with Crippen molar-refractivity contribution in [1.82, 2.24) is 5.32 Å². The fourth-order valence-electron chi connectivity index (χ4n) is 2.82. The summed E-state index contributed by atoms with van der Waals surface area (Å²) >= 11 is 1.98. The van der Waals surface area contributed by atoms with Crippen LogP contribution in [0.5, 0.6) is 0 Å². The molecular weight excluding hydrogens is 274 g/mol. The average molecular weight is 297 g/mol. The summed E-state index contributed by atoms with van der Waals surface area (Å²) in [6.45, 7) is 5.43. The lowest BCUT2D eigenvalue weighted by atomic mass is 10.0. The van der Waals surface area contributed by atoms with Crippen LogP contribution in [0.4, 0.5) is 0 Å². The first kappa shape index (κ1) is 14.7. The van der Waals surface area contributed by atoms with Gasteiger partial charge in [-0.1, -0.05) is 56.3 Å². The van der Waals surface area contributed by atoms with E-state index in [1.807, 2.05) is 11.8 Å². The number of rotatable bonds is 4. The van der Waals surface area contributed by atoms with Crippen LogP contribution < -0.4 is 5.32 Å². The molecule has 1 atom stereocenters. The van der Waals surface area contributed by atoms with E-state index in [1.165, 1.54) is 33.8 Å². The second-order valence-electron chi connectivity index (χ2n) is 6.00. The zero-order valence-electron chi connectivity index (χ0n) is 12.8. The molecule has 1 nitrogen and oxygen atoms in total. The van der Waals surface area contributed by atoms with Crippen molar-refractivity contribution in [3.63, 3.8) is 0 Å². The molecule has 21 heavy (non-hydrogen) atoms. The molecule has 1 heterocycles. The molecule has 0 saturated heterocycles. The topological polar surface area (TPSA) is 12.0 Å². The van der Waals surface area contributed by atoms with Gasteiger partial charge in [0.2, 0.25) is 0 Å². The molecule has 0 spiro atoms. The van der Waals surface area contributed by atoms with Crippen LogP contribution in [-0.2, 0) is 6.54 Å². The molecule has 1 aliphatic heterocycles. The average Bonchev–Trinajstić information content (AvgIpc) is 2.53. The molecule has 0 aliphatic carbocycles. The van der Waals surface area contributed by atoms with E-state index in [0.717, 1.165) is 6.54 Å². The molecule has 0 aromatic heterocycles. The highest BCUT2D eigenvalue weighted by Gasteiger charge is 2.19. The molecule has 3 rings (SSSR count). The van der Waals surface area contributed by atoms with Crippen molar-refractivity contribution in [3.8, 4) is 0 Å². The lowest BCUT2D eigenvalue weighted by Crippen LogP contribution is -2.24. The number of hydrogen-bond donors (Lipinski definition) is 1. The van der Waals surface area contributed by atoms with Crippen LogP contribution in [-0.4, -0.2) is 5.75 Å². The van der Waals surface area contributed by atoms with Crippen molar-refractivity contribution in [1.29, 1.82) is 0 Å². The van der Waals surface area contributed by atoms with Crippen molar-refractivity contribution in [2.75, 3.05) is 5.75 Å². The van der Waals surface area contributed by atoms with Crippen molar-refractivity contribution in [2.45, 2.75) is 43.7 Å². The van der Waals surface area contributed by atoms with Gasteiger partial charge in [0.25, 0.3) is 0 Å². The first-order chi connectivity index (χ1) is 10.2. The summed E-state index contributed by atoms with van der Waals surface area (Å²) < 4.78 is 0. The predicted octanol–water partition coefficient (Wildman–Crippen LogP) is 5.14. The van der Waals surface area contributed by atoms with Gasteiger partial charge in [0.05, 0.1) is 0 Å². The van der Waals surface area contributed by atoms with E-state index in [2.05, 4.69) is 67.7 Å². The highest BCUT2D eigenvalue weighted by atomic mass is 32.2. The van der Waals surface area contributed by atoms with Gasteiger partial charge in [-0.05, 0) is 40.8 Å². The van der Waals surface area contributed by atoms with E-state index in [4.69, 9.17) is 0 Å². The molecule has 0 fully saturated rings. The van der Waals surface area contributed by atoms with Gasteiger partial charge in [-0.3, -0.25) is 0 Å². The molecule has 0 saturated carbocycles. The van der Waals surface area contributed by atoms with Gasteiger partial charge >= 0.3 is 0 Å². The molecule has 0 bridgehead atoms. The van der Waals surface area contributed by atoms with E-state index >= 15 is 0 Å². The van der Waals surface area contributed by atoms with Gasteiger partial charge in [0.15, 0.2) is 0 Å². The van der Waals surface area contributed by atoms with Crippen LogP contribution in [0.1, 0.15) is 48.9 Å². The lowest BCUT2D eigenvalue weighted by Gasteiger charge is -2.26. The smallest absolute Gasteiger partial charge is 0.0342 e. The van der Waals surface area contributed by atoms with Crippen LogP contribution in [0.15, 0.2) is 53.4 Å². The minimum absolute atomic E-state index is 0.493. The van der Waals surface area contributed by atoms with Crippen LogP contribution >= 0.6 is 11.8 Å². The zero-order valence-corrected chi connectivity index (χ0v) is 13.6. The van der Waals surface area contributed by atoms with E-state index in [0.29, 0.717) is 12.0 Å². The van der Waals surface area contributed by atoms with E-state index in [9.17, 15) is 0 Å². The molecular formula is C19H23NS. The normalized spacial score (nSPS) is 17.8. The molecule has 1 aliphatic rings. The molecule has 0 amide bonds. The van der Waals surface area contributed by atoms with Gasteiger partial charge in [-0.15, -0.1) is 11.8 Å². The largest absolute Gasteiger partial charge is 0.306 e. The first-order valence-electron chi connectivity index (χ1n) is 7.78. The van der Waals surface area contributed by atoms with Crippen molar-refractivity contribution in [2.24, 2.45) is 0 Å². The van der Waals surface area contributed by atoms with Crippen LogP contribution in [0.3, 0.4) is 0 Å². The summed E-state index contributed by atoms with van der Waals surface area (Å²) in [6.07, 6.45) is 1.21. The van der Waals surface area contributed by atoms with E-state index < -0.39 is 0 Å². The fraction of sp³-hybridized carbons (Fsp3) is 0.368. The highest BCUT2D eigenvalue weighted by Crippen LogP contribution is 2.35. The van der Waals surface area contributed by atoms with Crippen LogP contribution in [0.25, 0.3) is 0 Å². The minimum Gasteiger partial charge on any atom is -0.306 e. The Balaban J connectivity index is 1.66. The maximum atomic E-state index is 3.73. The molecule has 2 aromatic carbocycles. The Morgan fingerprint density at radius 2 is 1.86 bits per heavy atom. The Morgan fingerprint density at radius 1 is 1.10 bits per heavy atom. The third-order valence-electron chi connectivity index (χ3n) is 4.16. The standard InChI is InChI=1S/C19H23NS/c1-14(2)16-9-7-15(8-10-16)13-20-18-11-12-21-19-6-4-3-5-17(18)19/h3-10,14,18,20H,11-13H2,1-2H3. The Labute approximate surface area is 132 Å². The summed E-state index contributed by atoms with van der Waals surface area (Å²) in [6, 6.07) is 18.3. The van der Waals surface area contributed by atoms with Gasteiger partial charge in [-0.2, -0.15) is 0 Å². The summed E-state index contributed by atoms with van der Waals surface area (Å²) in [7, 11) is 0. The number of benzene rings is 2. The lowest BCUT2D eigenvalue weighted by molar-refractivity contribution is 0.510. The van der Waals surface area contributed by atoms with Gasteiger partial charge in [0, 0.05) is 17.5 Å². The predicted molar refractivity (Wildman–Crippen MR) is 91.9 cm³/mol. The molecule has 0 radical (unpaired) electrons. The SMILES string of the molecule is CC(C)c1ccc(CNC2CCSc3ccccc32)cc1. The van der Waals surface area contributed by atoms with Gasteiger partial charge < -0.3 is 5.32 Å². The van der Waals surface area contributed by atoms with Gasteiger partial charge in [-0.25, -0.2) is 0 Å². The maximum absolute atomic E-state index is 3.73. The maximum Gasteiger partial charge on any atom is 0.0342 e. The number of hydrogen-bond acceptors (Lipinski definition) is 2. The summed E-state index contributed by atoms with van der Waals surface area (Å²) in [5, 5.41) is 3.73. The third kappa shape index (κ3) is 3.50. The number of nitrogens with one attached hydrogen (secondary N) is 1. The Morgan fingerprint density at radius 3 is 2.62 bits per heavy atom. The van der Waals surface area contributed by atoms with Crippen LogP contribution in [0.2, 0.25) is 0 Å². The first-order valence-corrected chi connectivity index (χ1v) is 8.76. The van der Waals surface area contributed by atoms with Crippen molar-refractivity contribution in [3.05, 3.63) is 65.2 Å². The van der Waals surface area contributed by atoms with Crippen molar-refractivity contribution >= 4 is 11.8 Å². The van der Waals surface area contributed by atoms with E-state index in [1.54, 1.807) is 0 Å². The quantitative estimate of drug-likeness (QED) is 0.839. The summed E-state index contributed by atoms with van der Waals surface area (Å²) in [5.41, 5.74) is 4.25. The number of thioether (sulfide) groups is 1. The number of fused-ring (bicyclic) bond motifs is 1. The van der Waals surface area contributed by atoms with E-state index in [-0.39, 0.29) is 0 Å². The molecule has 110 valence electrons. The molecule has 1 N–H and O–H groups in total. The summed E-state index contributed by atoms with van der Waals surface area (Å²) in [5.74, 6) is 1.82. The zero-order chi connectivity index (χ0) is 14.7. The van der Waals surface area contributed by atoms with Crippen LogP contribution in [0, 0.1) is 0 Å². The summed E-state index contributed by atoms with van der Waals surface area (Å²) in [4.78, 5) is 1.44. The minimum atomic E-state index is 0.493. The monoisotopic (exact) mass is 297 g/mol. The van der Waals surface area contributed by atoms with Crippen molar-refractivity contribution < 1.29 is 0 Å². The Kier molecular flexibility index (Phi) is 4.67. The second kappa shape index (κ2) is 6.67. The Hall–Kier alpha value is -1.25. The highest BCUT2D eigenvalue weighted by molar-refractivity contribution is 7.99. The van der Waals surface area contributed by atoms with Gasteiger partial charge in [0.1, 0.15) is 0 Å². The molecule has 1 unspecified atom stereocenters. The molecule has 2 heteroatoms. The second-order valence-corrected chi connectivity index (χ2v) is 7.14. The fourth-order valence-corrected chi connectivity index (χ4v) is 3.94.